The predicted octanol–water partition coefficient (Wildman–Crippen LogP) is 2.48. The minimum atomic E-state index is -0.880. The normalized spacial score (nSPS) is 10.4. The summed E-state index contributed by atoms with van der Waals surface area (Å²) in [7, 11) is 1.57. The molecule has 0 fully saturated rings. The van der Waals surface area contributed by atoms with Gasteiger partial charge in [-0.3, -0.25) is 14.4 Å². The zero-order valence-electron chi connectivity index (χ0n) is 18.5. The number of hydrazone groups is 1. The molecule has 9 nitrogen and oxygen atoms in total. The van der Waals surface area contributed by atoms with Gasteiger partial charge in [0.05, 0.1) is 13.3 Å². The first-order chi connectivity index (χ1) is 16.5. The monoisotopic (exact) mass is 460 g/mol. The first-order valence-electron chi connectivity index (χ1n) is 10.4. The van der Waals surface area contributed by atoms with Gasteiger partial charge in [-0.25, -0.2) is 5.43 Å². The quantitative estimate of drug-likeness (QED) is 0.258. The van der Waals surface area contributed by atoms with Gasteiger partial charge in [-0.15, -0.1) is 0 Å². The molecule has 174 valence electrons. The molecule has 0 spiro atoms. The minimum Gasteiger partial charge on any atom is -0.497 e. The number of para-hydroxylation sites is 1. The predicted molar refractivity (Wildman–Crippen MR) is 128 cm³/mol. The average Bonchev–Trinajstić information content (AvgIpc) is 2.87. The number of hydrogen-bond donors (Lipinski definition) is 3. The standard InChI is InChI=1S/C25H24N4O5/c1-33-21-11-7-18(8-12-21)15-26-24(31)25(32)29-27-16-19-9-13-22(14-10-19)34-17-23(30)28-20-5-3-2-4-6-20/h2-14,16H,15,17H2,1H3,(H,26,31)(H,28,30)(H,29,32)/b27-16-. The number of carbonyl (C=O) groups is 3. The Morgan fingerprint density at radius 2 is 1.53 bits per heavy atom. The van der Waals surface area contributed by atoms with E-state index in [0.29, 0.717) is 22.7 Å². The van der Waals surface area contributed by atoms with Crippen LogP contribution in [0.25, 0.3) is 0 Å². The van der Waals surface area contributed by atoms with E-state index >= 15 is 0 Å². The van der Waals surface area contributed by atoms with Crippen LogP contribution in [0.4, 0.5) is 5.69 Å². The van der Waals surface area contributed by atoms with Crippen molar-refractivity contribution in [3.63, 3.8) is 0 Å². The van der Waals surface area contributed by atoms with Gasteiger partial charge in [-0.1, -0.05) is 30.3 Å². The summed E-state index contributed by atoms with van der Waals surface area (Å²) in [4.78, 5) is 35.7. The van der Waals surface area contributed by atoms with Gasteiger partial charge in [0.2, 0.25) is 0 Å². The lowest BCUT2D eigenvalue weighted by Gasteiger charge is -2.07. The van der Waals surface area contributed by atoms with Crippen LogP contribution in [0.5, 0.6) is 11.5 Å². The fraction of sp³-hybridized carbons (Fsp3) is 0.120. The molecular weight excluding hydrogens is 436 g/mol. The highest BCUT2D eigenvalue weighted by atomic mass is 16.5. The van der Waals surface area contributed by atoms with Gasteiger partial charge in [0.1, 0.15) is 11.5 Å². The second kappa shape index (κ2) is 12.4. The topological polar surface area (TPSA) is 118 Å². The number of methoxy groups -OCH3 is 1. The van der Waals surface area contributed by atoms with Crippen molar-refractivity contribution >= 4 is 29.6 Å². The van der Waals surface area contributed by atoms with E-state index in [1.807, 2.05) is 18.2 Å². The molecule has 3 aromatic carbocycles. The molecule has 0 aliphatic heterocycles. The highest BCUT2D eigenvalue weighted by molar-refractivity contribution is 6.35. The van der Waals surface area contributed by atoms with Gasteiger partial charge in [-0.2, -0.15) is 5.10 Å². The fourth-order valence-corrected chi connectivity index (χ4v) is 2.74. The van der Waals surface area contributed by atoms with Gasteiger partial charge in [0, 0.05) is 12.2 Å². The summed E-state index contributed by atoms with van der Waals surface area (Å²) < 4.78 is 10.5. The van der Waals surface area contributed by atoms with E-state index in [4.69, 9.17) is 9.47 Å². The van der Waals surface area contributed by atoms with Crippen molar-refractivity contribution < 1.29 is 23.9 Å². The van der Waals surface area contributed by atoms with Crippen LogP contribution in [0.2, 0.25) is 0 Å². The third-order valence-corrected chi connectivity index (χ3v) is 4.51. The van der Waals surface area contributed by atoms with E-state index in [2.05, 4.69) is 21.2 Å². The highest BCUT2D eigenvalue weighted by Crippen LogP contribution is 2.12. The molecule has 0 aliphatic rings. The molecule has 3 aromatic rings. The van der Waals surface area contributed by atoms with Crippen LogP contribution >= 0.6 is 0 Å². The Labute approximate surface area is 196 Å². The summed E-state index contributed by atoms with van der Waals surface area (Å²) in [6.45, 7) is 0.0643. The van der Waals surface area contributed by atoms with Crippen LogP contribution in [0.15, 0.2) is 84.0 Å². The first kappa shape index (κ1) is 24.0. The Bertz CT molecular complexity index is 1130. The zero-order chi connectivity index (χ0) is 24.2. The lowest BCUT2D eigenvalue weighted by atomic mass is 10.2. The number of rotatable bonds is 9. The summed E-state index contributed by atoms with van der Waals surface area (Å²) in [6.07, 6.45) is 1.39. The van der Waals surface area contributed by atoms with E-state index < -0.39 is 11.8 Å². The van der Waals surface area contributed by atoms with E-state index in [1.54, 1.807) is 67.8 Å². The van der Waals surface area contributed by atoms with Crippen LogP contribution in [0.1, 0.15) is 11.1 Å². The molecule has 0 saturated heterocycles. The third kappa shape index (κ3) is 7.79. The Balaban J connectivity index is 1.38. The SMILES string of the molecule is COc1ccc(CNC(=O)C(=O)N/N=C\c2ccc(OCC(=O)Nc3ccccc3)cc2)cc1. The number of anilines is 1. The number of amides is 3. The molecule has 34 heavy (non-hydrogen) atoms. The minimum absolute atomic E-state index is 0.135. The van der Waals surface area contributed by atoms with Gasteiger partial charge >= 0.3 is 11.8 Å². The third-order valence-electron chi connectivity index (χ3n) is 4.51. The molecule has 0 aromatic heterocycles. The van der Waals surface area contributed by atoms with Crippen LogP contribution in [0.3, 0.4) is 0 Å². The Morgan fingerprint density at radius 1 is 0.853 bits per heavy atom. The van der Waals surface area contributed by atoms with Gasteiger partial charge in [-0.05, 0) is 59.7 Å². The molecule has 0 heterocycles. The summed E-state index contributed by atoms with van der Waals surface area (Å²) in [6, 6.07) is 22.9. The van der Waals surface area contributed by atoms with Crippen molar-refractivity contribution in [3.8, 4) is 11.5 Å². The fourth-order valence-electron chi connectivity index (χ4n) is 2.74. The van der Waals surface area contributed by atoms with Gasteiger partial charge < -0.3 is 20.1 Å². The van der Waals surface area contributed by atoms with Crippen molar-refractivity contribution in [1.29, 1.82) is 0 Å². The summed E-state index contributed by atoms with van der Waals surface area (Å²) in [5.74, 6) is -0.748. The Hall–Kier alpha value is -4.66. The number of carbonyl (C=O) groups excluding carboxylic acids is 3. The average molecular weight is 460 g/mol. The molecule has 3 N–H and O–H groups in total. The first-order valence-corrected chi connectivity index (χ1v) is 10.4. The number of nitrogens with one attached hydrogen (secondary N) is 3. The summed E-state index contributed by atoms with van der Waals surface area (Å²) in [5, 5.41) is 9.03. The largest absolute Gasteiger partial charge is 0.497 e. The molecule has 0 bridgehead atoms. The highest BCUT2D eigenvalue weighted by Gasteiger charge is 2.12. The molecule has 3 rings (SSSR count). The van der Waals surface area contributed by atoms with Crippen LogP contribution in [-0.4, -0.2) is 37.7 Å². The van der Waals surface area contributed by atoms with Crippen LogP contribution in [-0.2, 0) is 20.9 Å². The number of ether oxygens (including phenoxy) is 2. The maximum Gasteiger partial charge on any atom is 0.329 e. The van der Waals surface area contributed by atoms with Crippen molar-refractivity contribution in [2.24, 2.45) is 5.10 Å². The molecule has 3 amide bonds. The zero-order valence-corrected chi connectivity index (χ0v) is 18.5. The van der Waals surface area contributed by atoms with E-state index in [9.17, 15) is 14.4 Å². The van der Waals surface area contributed by atoms with E-state index in [0.717, 1.165) is 5.56 Å². The molecule has 9 heteroatoms. The van der Waals surface area contributed by atoms with Crippen molar-refractivity contribution in [2.45, 2.75) is 6.54 Å². The van der Waals surface area contributed by atoms with Crippen molar-refractivity contribution in [2.75, 3.05) is 19.0 Å². The van der Waals surface area contributed by atoms with Crippen LogP contribution in [0, 0.1) is 0 Å². The maximum absolute atomic E-state index is 11.9. The lowest BCUT2D eigenvalue weighted by molar-refractivity contribution is -0.139. The summed E-state index contributed by atoms with van der Waals surface area (Å²) in [5.41, 5.74) is 4.36. The molecule has 0 radical (unpaired) electrons. The maximum atomic E-state index is 11.9. The smallest absolute Gasteiger partial charge is 0.329 e. The molecule has 0 saturated carbocycles. The second-order valence-electron chi connectivity index (χ2n) is 7.00. The second-order valence-corrected chi connectivity index (χ2v) is 7.00. The Kier molecular flexibility index (Phi) is 8.75. The molecule has 0 aliphatic carbocycles. The van der Waals surface area contributed by atoms with Gasteiger partial charge in [0.15, 0.2) is 6.61 Å². The molecule has 0 atom stereocenters. The Morgan fingerprint density at radius 3 is 2.21 bits per heavy atom. The number of benzene rings is 3. The molecular formula is C25H24N4O5. The van der Waals surface area contributed by atoms with Crippen LogP contribution < -0.4 is 25.5 Å². The molecule has 0 unspecified atom stereocenters. The lowest BCUT2D eigenvalue weighted by Crippen LogP contribution is -2.37. The van der Waals surface area contributed by atoms with Crippen molar-refractivity contribution in [1.82, 2.24) is 10.7 Å². The number of nitrogens with zero attached hydrogens (tertiary/aromatic N) is 1. The van der Waals surface area contributed by atoms with E-state index in [1.165, 1.54) is 6.21 Å². The summed E-state index contributed by atoms with van der Waals surface area (Å²) >= 11 is 0. The van der Waals surface area contributed by atoms with Gasteiger partial charge in [0.25, 0.3) is 5.91 Å². The van der Waals surface area contributed by atoms with E-state index in [-0.39, 0.29) is 19.1 Å². The van der Waals surface area contributed by atoms with Crippen molar-refractivity contribution in [3.05, 3.63) is 90.0 Å². The number of hydrogen-bond acceptors (Lipinski definition) is 6.